The van der Waals surface area contributed by atoms with Crippen LogP contribution in [-0.4, -0.2) is 71.6 Å². The lowest BCUT2D eigenvalue weighted by Crippen LogP contribution is -2.26. The molecule has 0 spiro atoms. The Bertz CT molecular complexity index is 123. The number of ether oxygens (including phenoxy) is 2. The number of hydrogen-bond acceptors (Lipinski definition) is 5. The highest BCUT2D eigenvalue weighted by molar-refractivity contribution is 4.46. The minimum Gasteiger partial charge on any atom is -0.379 e. The molecule has 0 fully saturated rings. The molecular weight excluding hydrogens is 194 g/mol. The van der Waals surface area contributed by atoms with E-state index in [2.05, 4.69) is 10.2 Å². The summed E-state index contributed by atoms with van der Waals surface area (Å²) in [6.07, 6.45) is 0. The lowest BCUT2D eigenvalue weighted by atomic mass is 10.6. The van der Waals surface area contributed by atoms with E-state index >= 15 is 0 Å². The second kappa shape index (κ2) is 11.9. The van der Waals surface area contributed by atoms with Crippen LogP contribution in [-0.2, 0) is 9.47 Å². The van der Waals surface area contributed by atoms with Crippen molar-refractivity contribution in [2.24, 2.45) is 5.73 Å². The highest BCUT2D eigenvalue weighted by Crippen LogP contribution is 1.77. The lowest BCUT2D eigenvalue weighted by molar-refractivity contribution is 0.113. The topological polar surface area (TPSA) is 59.8 Å². The third-order valence-corrected chi connectivity index (χ3v) is 1.79. The van der Waals surface area contributed by atoms with Crippen LogP contribution in [0.3, 0.4) is 0 Å². The van der Waals surface area contributed by atoms with Crippen molar-refractivity contribution in [3.63, 3.8) is 0 Å². The Hall–Kier alpha value is -0.200. The van der Waals surface area contributed by atoms with Crippen LogP contribution in [0.4, 0.5) is 0 Å². The first kappa shape index (κ1) is 14.8. The van der Waals surface area contributed by atoms with Gasteiger partial charge in [0.15, 0.2) is 0 Å². The predicted molar refractivity (Wildman–Crippen MR) is 62.1 cm³/mol. The van der Waals surface area contributed by atoms with Gasteiger partial charge in [-0.1, -0.05) is 0 Å². The van der Waals surface area contributed by atoms with Crippen LogP contribution < -0.4 is 11.1 Å². The Morgan fingerprint density at radius 1 is 1.00 bits per heavy atom. The van der Waals surface area contributed by atoms with Crippen molar-refractivity contribution < 1.29 is 9.47 Å². The molecule has 0 aliphatic carbocycles. The molecule has 0 saturated carbocycles. The lowest BCUT2D eigenvalue weighted by Gasteiger charge is -2.10. The van der Waals surface area contributed by atoms with E-state index in [-0.39, 0.29) is 0 Å². The summed E-state index contributed by atoms with van der Waals surface area (Å²) in [7, 11) is 4.08. The zero-order chi connectivity index (χ0) is 11.4. The smallest absolute Gasteiger partial charge is 0.0593 e. The van der Waals surface area contributed by atoms with Gasteiger partial charge >= 0.3 is 0 Å². The van der Waals surface area contributed by atoms with Crippen LogP contribution in [0.25, 0.3) is 0 Å². The number of nitrogens with two attached hydrogens (primary N) is 1. The molecule has 0 aromatic heterocycles. The highest BCUT2D eigenvalue weighted by Gasteiger charge is 1.91. The summed E-state index contributed by atoms with van der Waals surface area (Å²) in [5.41, 5.74) is 5.28. The molecular formula is C10H25N3O2. The third kappa shape index (κ3) is 13.8. The quantitative estimate of drug-likeness (QED) is 0.442. The van der Waals surface area contributed by atoms with E-state index in [1.807, 2.05) is 14.1 Å². The third-order valence-electron chi connectivity index (χ3n) is 1.79. The molecule has 0 atom stereocenters. The van der Waals surface area contributed by atoms with E-state index in [9.17, 15) is 0 Å². The first-order chi connectivity index (χ1) is 7.27. The van der Waals surface area contributed by atoms with Gasteiger partial charge in [-0.15, -0.1) is 0 Å². The summed E-state index contributed by atoms with van der Waals surface area (Å²) in [6, 6.07) is 0. The zero-order valence-electron chi connectivity index (χ0n) is 10.00. The molecule has 92 valence electrons. The molecule has 15 heavy (non-hydrogen) atoms. The van der Waals surface area contributed by atoms with Gasteiger partial charge in [0.1, 0.15) is 0 Å². The molecule has 0 aliphatic heterocycles. The summed E-state index contributed by atoms with van der Waals surface area (Å²) in [6.45, 7) is 6.20. The largest absolute Gasteiger partial charge is 0.379 e. The SMILES string of the molecule is CN(C)CCOCCNCCOCCN. The van der Waals surface area contributed by atoms with Gasteiger partial charge in [0.05, 0.1) is 26.4 Å². The van der Waals surface area contributed by atoms with Crippen molar-refractivity contribution in [3.05, 3.63) is 0 Å². The van der Waals surface area contributed by atoms with Crippen molar-refractivity contribution in [1.29, 1.82) is 0 Å². The summed E-state index contributed by atoms with van der Waals surface area (Å²) in [5, 5.41) is 3.23. The van der Waals surface area contributed by atoms with E-state index in [0.717, 1.165) is 39.5 Å². The highest BCUT2D eigenvalue weighted by atomic mass is 16.5. The molecule has 0 unspecified atom stereocenters. The molecule has 0 aromatic rings. The maximum absolute atomic E-state index is 5.41. The number of hydrogen-bond donors (Lipinski definition) is 2. The molecule has 0 aromatic carbocycles. The summed E-state index contributed by atoms with van der Waals surface area (Å²) in [4.78, 5) is 2.11. The van der Waals surface area contributed by atoms with Gasteiger partial charge in [0.25, 0.3) is 0 Å². The number of likely N-dealkylation sites (N-methyl/N-ethyl adjacent to an activating group) is 1. The molecule has 0 rings (SSSR count). The molecule has 5 nitrogen and oxygen atoms in total. The first-order valence-corrected chi connectivity index (χ1v) is 5.48. The van der Waals surface area contributed by atoms with Crippen molar-refractivity contribution in [2.75, 3.05) is 66.7 Å². The standard InChI is InChI=1S/C10H25N3O2/c1-13(2)6-10-15-9-5-12-4-8-14-7-3-11/h12H,3-11H2,1-2H3. The van der Waals surface area contributed by atoms with Gasteiger partial charge in [0.2, 0.25) is 0 Å². The molecule has 0 bridgehead atoms. The van der Waals surface area contributed by atoms with Crippen molar-refractivity contribution in [2.45, 2.75) is 0 Å². The Balaban J connectivity index is 2.87. The Kier molecular flexibility index (Phi) is 11.7. The average molecular weight is 219 g/mol. The summed E-state index contributed by atoms with van der Waals surface area (Å²) in [5.74, 6) is 0. The van der Waals surface area contributed by atoms with Crippen LogP contribution >= 0.6 is 0 Å². The van der Waals surface area contributed by atoms with Crippen LogP contribution in [0.5, 0.6) is 0 Å². The van der Waals surface area contributed by atoms with Crippen LogP contribution in [0, 0.1) is 0 Å². The van der Waals surface area contributed by atoms with Gasteiger partial charge < -0.3 is 25.4 Å². The van der Waals surface area contributed by atoms with Crippen molar-refractivity contribution >= 4 is 0 Å². The Morgan fingerprint density at radius 3 is 2.13 bits per heavy atom. The maximum atomic E-state index is 5.41. The van der Waals surface area contributed by atoms with E-state index in [1.54, 1.807) is 0 Å². The summed E-state index contributed by atoms with van der Waals surface area (Å²) >= 11 is 0. The molecule has 3 N–H and O–H groups in total. The van der Waals surface area contributed by atoms with Gasteiger partial charge in [-0.2, -0.15) is 0 Å². The maximum Gasteiger partial charge on any atom is 0.0593 e. The van der Waals surface area contributed by atoms with Crippen LogP contribution in [0.15, 0.2) is 0 Å². The van der Waals surface area contributed by atoms with Gasteiger partial charge in [-0.25, -0.2) is 0 Å². The molecule has 0 radical (unpaired) electrons. The van der Waals surface area contributed by atoms with Crippen molar-refractivity contribution in [1.82, 2.24) is 10.2 Å². The predicted octanol–water partition coefficient (Wildman–Crippen LogP) is -0.870. The number of nitrogens with one attached hydrogen (secondary N) is 1. The van der Waals surface area contributed by atoms with Crippen LogP contribution in [0.2, 0.25) is 0 Å². The second-order valence-electron chi connectivity index (χ2n) is 3.57. The number of nitrogens with zero attached hydrogens (tertiary/aromatic N) is 1. The number of rotatable bonds is 11. The minimum atomic E-state index is 0.591. The monoisotopic (exact) mass is 219 g/mol. The van der Waals surface area contributed by atoms with Gasteiger partial charge in [0, 0.05) is 26.2 Å². The Morgan fingerprint density at radius 2 is 1.60 bits per heavy atom. The molecule has 5 heteroatoms. The van der Waals surface area contributed by atoms with Gasteiger partial charge in [-0.05, 0) is 14.1 Å². The molecule has 0 heterocycles. The molecule has 0 aliphatic rings. The molecule has 0 saturated heterocycles. The normalized spacial score (nSPS) is 11.2. The fourth-order valence-corrected chi connectivity index (χ4v) is 0.948. The fraction of sp³-hybridized carbons (Fsp3) is 1.00. The second-order valence-corrected chi connectivity index (χ2v) is 3.57. The van der Waals surface area contributed by atoms with Crippen LogP contribution in [0.1, 0.15) is 0 Å². The summed E-state index contributed by atoms with van der Waals surface area (Å²) < 4.78 is 10.6. The molecule has 0 amide bonds. The zero-order valence-corrected chi connectivity index (χ0v) is 10.00. The van der Waals surface area contributed by atoms with E-state index in [1.165, 1.54) is 0 Å². The van der Waals surface area contributed by atoms with E-state index < -0.39 is 0 Å². The minimum absolute atomic E-state index is 0.591. The first-order valence-electron chi connectivity index (χ1n) is 5.48. The average Bonchev–Trinajstić information content (AvgIpc) is 2.20. The Labute approximate surface area is 92.9 Å². The van der Waals surface area contributed by atoms with Crippen molar-refractivity contribution in [3.8, 4) is 0 Å². The van der Waals surface area contributed by atoms with E-state index in [0.29, 0.717) is 13.2 Å². The van der Waals surface area contributed by atoms with E-state index in [4.69, 9.17) is 15.2 Å². The fourth-order valence-electron chi connectivity index (χ4n) is 0.948. The van der Waals surface area contributed by atoms with Gasteiger partial charge in [-0.3, -0.25) is 0 Å².